The van der Waals surface area contributed by atoms with E-state index in [0.29, 0.717) is 19.4 Å². The number of methoxy groups -OCH3 is 1. The Labute approximate surface area is 118 Å². The topological polar surface area (TPSA) is 83.9 Å². The van der Waals surface area contributed by atoms with Crippen LogP contribution < -0.4 is 0 Å². The fourth-order valence-electron chi connectivity index (χ4n) is 2.37. The first-order valence-electron chi connectivity index (χ1n) is 6.29. The second-order valence-electron chi connectivity index (χ2n) is 4.69. The molecule has 1 saturated heterocycles. The van der Waals surface area contributed by atoms with Gasteiger partial charge in [0.15, 0.2) is 0 Å². The summed E-state index contributed by atoms with van der Waals surface area (Å²) in [6, 6.07) is 5.43. The Morgan fingerprint density at radius 2 is 2.25 bits per heavy atom. The van der Waals surface area contributed by atoms with Crippen molar-refractivity contribution < 1.29 is 23.1 Å². The van der Waals surface area contributed by atoms with E-state index in [0.717, 1.165) is 9.87 Å². The maximum absolute atomic E-state index is 12.5. The number of carboxylic acid groups (broad SMARTS) is 1. The highest BCUT2D eigenvalue weighted by molar-refractivity contribution is 7.89. The fraction of sp³-hybridized carbons (Fsp3) is 0.462. The highest BCUT2D eigenvalue weighted by Gasteiger charge is 2.39. The molecular formula is C13H17NO5S. The number of hydrogen-bond donors (Lipinski definition) is 1. The molecular weight excluding hydrogens is 282 g/mol. The van der Waals surface area contributed by atoms with Crippen molar-refractivity contribution in [3.63, 3.8) is 0 Å². The molecule has 110 valence electrons. The van der Waals surface area contributed by atoms with Crippen LogP contribution in [0.3, 0.4) is 0 Å². The van der Waals surface area contributed by atoms with E-state index in [-0.39, 0.29) is 11.4 Å². The molecule has 1 heterocycles. The van der Waals surface area contributed by atoms with E-state index in [2.05, 4.69) is 0 Å². The highest BCUT2D eigenvalue weighted by atomic mass is 32.2. The number of carbonyl (C=O) groups is 1. The molecule has 1 N–H and O–H groups in total. The molecule has 20 heavy (non-hydrogen) atoms. The van der Waals surface area contributed by atoms with E-state index in [4.69, 9.17) is 9.84 Å². The van der Waals surface area contributed by atoms with Crippen molar-refractivity contribution in [2.45, 2.75) is 30.4 Å². The maximum atomic E-state index is 12.5. The normalized spacial score (nSPS) is 20.1. The van der Waals surface area contributed by atoms with Crippen LogP contribution in [0.1, 0.15) is 18.4 Å². The number of ether oxygens (including phenoxy) is 1. The molecule has 1 fully saturated rings. The van der Waals surface area contributed by atoms with Crippen molar-refractivity contribution in [2.75, 3.05) is 13.7 Å². The Balaban J connectivity index is 2.34. The van der Waals surface area contributed by atoms with Crippen LogP contribution in [0.4, 0.5) is 0 Å². The van der Waals surface area contributed by atoms with Gasteiger partial charge in [0.2, 0.25) is 10.0 Å². The molecule has 0 aliphatic carbocycles. The van der Waals surface area contributed by atoms with Crippen LogP contribution in [0, 0.1) is 0 Å². The number of carboxylic acids is 1. The molecule has 0 radical (unpaired) electrons. The number of nitrogens with zero attached hydrogens (tertiary/aromatic N) is 1. The summed E-state index contributed by atoms with van der Waals surface area (Å²) in [6.45, 7) is 0.555. The monoisotopic (exact) mass is 299 g/mol. The average molecular weight is 299 g/mol. The largest absolute Gasteiger partial charge is 0.480 e. The molecule has 0 saturated carbocycles. The van der Waals surface area contributed by atoms with E-state index in [9.17, 15) is 13.2 Å². The third-order valence-electron chi connectivity index (χ3n) is 3.30. The standard InChI is InChI=1S/C13H17NO5S/c1-19-9-10-4-2-5-11(8-10)20(17,18)14-7-3-6-12(14)13(15)16/h2,4-5,8,12H,3,6-7,9H2,1H3,(H,15,16)/t12-/m1/s1. The molecule has 1 aromatic rings. The second kappa shape index (κ2) is 5.90. The molecule has 1 aliphatic heterocycles. The summed E-state index contributed by atoms with van der Waals surface area (Å²) < 4.78 is 31.1. The van der Waals surface area contributed by atoms with Crippen LogP contribution in [0.25, 0.3) is 0 Å². The predicted octanol–water partition coefficient (Wildman–Crippen LogP) is 1.07. The zero-order valence-electron chi connectivity index (χ0n) is 11.2. The molecule has 0 spiro atoms. The third-order valence-corrected chi connectivity index (χ3v) is 5.21. The van der Waals surface area contributed by atoms with Gasteiger partial charge < -0.3 is 9.84 Å². The zero-order valence-corrected chi connectivity index (χ0v) is 12.0. The van der Waals surface area contributed by atoms with Crippen molar-refractivity contribution in [1.82, 2.24) is 4.31 Å². The van der Waals surface area contributed by atoms with E-state index < -0.39 is 22.0 Å². The first kappa shape index (κ1) is 15.0. The summed E-state index contributed by atoms with van der Waals surface area (Å²) in [5.41, 5.74) is 0.736. The van der Waals surface area contributed by atoms with Crippen molar-refractivity contribution >= 4 is 16.0 Å². The lowest BCUT2D eigenvalue weighted by atomic mass is 10.2. The summed E-state index contributed by atoms with van der Waals surface area (Å²) in [5, 5.41) is 9.11. The van der Waals surface area contributed by atoms with E-state index >= 15 is 0 Å². The summed E-state index contributed by atoms with van der Waals surface area (Å²) >= 11 is 0. The molecule has 1 atom stereocenters. The first-order chi connectivity index (χ1) is 9.46. The van der Waals surface area contributed by atoms with Crippen LogP contribution >= 0.6 is 0 Å². The average Bonchev–Trinajstić information content (AvgIpc) is 2.89. The van der Waals surface area contributed by atoms with E-state index in [1.165, 1.54) is 19.2 Å². The molecule has 0 unspecified atom stereocenters. The van der Waals surface area contributed by atoms with E-state index in [1.54, 1.807) is 12.1 Å². The molecule has 1 aliphatic rings. The van der Waals surface area contributed by atoms with Gasteiger partial charge in [0.1, 0.15) is 6.04 Å². The van der Waals surface area contributed by atoms with Gasteiger partial charge in [-0.15, -0.1) is 0 Å². The smallest absolute Gasteiger partial charge is 0.322 e. The SMILES string of the molecule is COCc1cccc(S(=O)(=O)N2CCC[C@@H]2C(=O)O)c1. The van der Waals surface area contributed by atoms with Crippen LogP contribution in [0.5, 0.6) is 0 Å². The van der Waals surface area contributed by atoms with Gasteiger partial charge in [0.25, 0.3) is 0 Å². The molecule has 6 nitrogen and oxygen atoms in total. The van der Waals surface area contributed by atoms with E-state index in [1.807, 2.05) is 0 Å². The summed E-state index contributed by atoms with van der Waals surface area (Å²) in [6.07, 6.45) is 0.917. The Morgan fingerprint density at radius 3 is 2.90 bits per heavy atom. The van der Waals surface area contributed by atoms with Crippen LogP contribution in [-0.2, 0) is 26.2 Å². The Morgan fingerprint density at radius 1 is 1.50 bits per heavy atom. The van der Waals surface area contributed by atoms with Gasteiger partial charge in [-0.1, -0.05) is 12.1 Å². The molecule has 0 amide bonds. The zero-order chi connectivity index (χ0) is 14.8. The lowest BCUT2D eigenvalue weighted by Crippen LogP contribution is -2.40. The number of benzene rings is 1. The molecule has 0 aromatic heterocycles. The molecule has 7 heteroatoms. The van der Waals surface area contributed by atoms with Gasteiger partial charge in [0, 0.05) is 13.7 Å². The Hall–Kier alpha value is -1.44. The van der Waals surface area contributed by atoms with Gasteiger partial charge in [-0.25, -0.2) is 8.42 Å². The molecule has 0 bridgehead atoms. The second-order valence-corrected chi connectivity index (χ2v) is 6.58. The first-order valence-corrected chi connectivity index (χ1v) is 7.73. The lowest BCUT2D eigenvalue weighted by Gasteiger charge is -2.21. The molecule has 2 rings (SSSR count). The van der Waals surface area contributed by atoms with Crippen molar-refractivity contribution in [3.8, 4) is 0 Å². The summed E-state index contributed by atoms with van der Waals surface area (Å²) in [4.78, 5) is 11.2. The third kappa shape index (κ3) is 2.84. The minimum Gasteiger partial charge on any atom is -0.480 e. The summed E-state index contributed by atoms with van der Waals surface area (Å²) in [5.74, 6) is -1.10. The maximum Gasteiger partial charge on any atom is 0.322 e. The van der Waals surface area contributed by atoms with Crippen molar-refractivity contribution in [1.29, 1.82) is 0 Å². The fourth-order valence-corrected chi connectivity index (χ4v) is 4.09. The van der Waals surface area contributed by atoms with Crippen LogP contribution in [-0.4, -0.2) is 43.5 Å². The highest BCUT2D eigenvalue weighted by Crippen LogP contribution is 2.26. The minimum absolute atomic E-state index is 0.111. The number of rotatable bonds is 5. The quantitative estimate of drug-likeness (QED) is 0.879. The number of hydrogen-bond acceptors (Lipinski definition) is 4. The van der Waals surface area contributed by atoms with Gasteiger partial charge in [-0.05, 0) is 30.5 Å². The van der Waals surface area contributed by atoms with Crippen molar-refractivity contribution in [2.24, 2.45) is 0 Å². The van der Waals surface area contributed by atoms with Gasteiger partial charge in [-0.3, -0.25) is 4.79 Å². The van der Waals surface area contributed by atoms with Gasteiger partial charge in [-0.2, -0.15) is 4.31 Å². The van der Waals surface area contributed by atoms with Crippen molar-refractivity contribution in [3.05, 3.63) is 29.8 Å². The number of sulfonamides is 1. The number of aliphatic carboxylic acids is 1. The van der Waals surface area contributed by atoms with Gasteiger partial charge >= 0.3 is 5.97 Å². The van der Waals surface area contributed by atoms with Gasteiger partial charge in [0.05, 0.1) is 11.5 Å². The Bertz CT molecular complexity index is 599. The lowest BCUT2D eigenvalue weighted by molar-refractivity contribution is -0.140. The minimum atomic E-state index is -3.78. The Kier molecular flexibility index (Phi) is 4.42. The van der Waals surface area contributed by atoms with Crippen LogP contribution in [0.2, 0.25) is 0 Å². The van der Waals surface area contributed by atoms with Crippen LogP contribution in [0.15, 0.2) is 29.2 Å². The predicted molar refractivity (Wildman–Crippen MR) is 71.7 cm³/mol. The molecule has 1 aromatic carbocycles. The summed E-state index contributed by atoms with van der Waals surface area (Å²) in [7, 11) is -2.25.